The summed E-state index contributed by atoms with van der Waals surface area (Å²) in [5.74, 6) is 0.655. The van der Waals surface area contributed by atoms with Crippen molar-refractivity contribution in [1.29, 1.82) is 0 Å². The highest BCUT2D eigenvalue weighted by molar-refractivity contribution is 6.99. The molecule has 0 amide bonds. The van der Waals surface area contributed by atoms with Gasteiger partial charge in [0.15, 0.2) is 0 Å². The third kappa shape index (κ3) is 1.68. The van der Waals surface area contributed by atoms with Crippen LogP contribution in [0.25, 0.3) is 0 Å². The van der Waals surface area contributed by atoms with Gasteiger partial charge < -0.3 is 4.74 Å². The molecule has 0 spiro atoms. The minimum Gasteiger partial charge on any atom is -0.479 e. The van der Waals surface area contributed by atoms with Crippen molar-refractivity contribution >= 4 is 11.7 Å². The van der Waals surface area contributed by atoms with Gasteiger partial charge in [-0.15, -0.1) is 4.37 Å². The third-order valence-corrected chi connectivity index (χ3v) is 1.87. The lowest BCUT2D eigenvalue weighted by Gasteiger charge is -2.14. The fourth-order valence-electron chi connectivity index (χ4n) is 0.772. The van der Waals surface area contributed by atoms with Crippen LogP contribution in [0.15, 0.2) is 0 Å². The van der Waals surface area contributed by atoms with Crippen LogP contribution in [-0.2, 0) is 5.41 Å². The van der Waals surface area contributed by atoms with E-state index in [4.69, 9.17) is 4.74 Å². The van der Waals surface area contributed by atoms with Crippen LogP contribution in [0, 0.1) is 0 Å². The molecule has 0 fully saturated rings. The fourth-order valence-corrected chi connectivity index (χ4v) is 1.48. The van der Waals surface area contributed by atoms with Gasteiger partial charge in [0, 0.05) is 5.41 Å². The Morgan fingerprint density at radius 2 is 1.91 bits per heavy atom. The Labute approximate surface area is 70.7 Å². The number of hydrogen-bond acceptors (Lipinski definition) is 4. The summed E-state index contributed by atoms with van der Waals surface area (Å²) in [4.78, 5) is 0. The van der Waals surface area contributed by atoms with E-state index in [1.54, 1.807) is 7.11 Å². The van der Waals surface area contributed by atoms with Crippen LogP contribution in [0.3, 0.4) is 0 Å². The number of aromatic nitrogens is 2. The highest BCUT2D eigenvalue weighted by Gasteiger charge is 2.22. The molecule has 3 nitrogen and oxygen atoms in total. The Hall–Kier alpha value is -0.640. The maximum absolute atomic E-state index is 5.05. The van der Waals surface area contributed by atoms with Crippen molar-refractivity contribution in [1.82, 2.24) is 8.75 Å². The molecule has 0 aliphatic carbocycles. The Bertz CT molecular complexity index is 239. The molecule has 0 saturated heterocycles. The van der Waals surface area contributed by atoms with Gasteiger partial charge in [0.05, 0.1) is 18.8 Å². The summed E-state index contributed by atoms with van der Waals surface area (Å²) >= 11 is 1.19. The first-order chi connectivity index (χ1) is 5.05. The first kappa shape index (κ1) is 8.46. The first-order valence-corrected chi connectivity index (χ1v) is 4.16. The molecule has 0 saturated carbocycles. The standard InChI is InChI=1S/C7H12N2OS/c1-7(2,3)5-6(10-4)9-11-8-5/h1-4H3. The molecule has 62 valence electrons. The minimum absolute atomic E-state index is 0.0261. The highest BCUT2D eigenvalue weighted by atomic mass is 32.1. The van der Waals surface area contributed by atoms with Gasteiger partial charge in [0.2, 0.25) is 5.88 Å². The van der Waals surface area contributed by atoms with Gasteiger partial charge >= 0.3 is 0 Å². The molecular formula is C7H12N2OS. The van der Waals surface area contributed by atoms with E-state index in [9.17, 15) is 0 Å². The van der Waals surface area contributed by atoms with Crippen molar-refractivity contribution < 1.29 is 4.74 Å². The Morgan fingerprint density at radius 1 is 1.27 bits per heavy atom. The van der Waals surface area contributed by atoms with Gasteiger partial charge in [-0.05, 0) is 0 Å². The van der Waals surface area contributed by atoms with Crippen molar-refractivity contribution in [3.05, 3.63) is 5.69 Å². The number of rotatable bonds is 1. The molecule has 1 rings (SSSR count). The molecule has 1 heterocycles. The second kappa shape index (κ2) is 2.77. The molecule has 0 radical (unpaired) electrons. The summed E-state index contributed by atoms with van der Waals surface area (Å²) in [6, 6.07) is 0. The number of methoxy groups -OCH3 is 1. The normalized spacial score (nSPS) is 11.6. The molecule has 1 aromatic rings. The molecule has 11 heavy (non-hydrogen) atoms. The first-order valence-electron chi connectivity index (χ1n) is 3.42. The summed E-state index contributed by atoms with van der Waals surface area (Å²) in [5, 5.41) is 0. The Balaban J connectivity index is 3.02. The average Bonchev–Trinajstić information content (AvgIpc) is 2.31. The Morgan fingerprint density at radius 3 is 2.27 bits per heavy atom. The number of ether oxygens (including phenoxy) is 1. The second-order valence-electron chi connectivity index (χ2n) is 3.37. The molecule has 0 atom stereocenters. The van der Waals surface area contributed by atoms with Gasteiger partial charge in [-0.2, -0.15) is 4.37 Å². The van der Waals surface area contributed by atoms with E-state index >= 15 is 0 Å². The van der Waals surface area contributed by atoms with Gasteiger partial charge in [-0.25, -0.2) is 0 Å². The zero-order valence-corrected chi connectivity index (χ0v) is 8.03. The van der Waals surface area contributed by atoms with Crippen molar-refractivity contribution in [2.45, 2.75) is 26.2 Å². The summed E-state index contributed by atoms with van der Waals surface area (Å²) in [5.41, 5.74) is 0.961. The van der Waals surface area contributed by atoms with Crippen LogP contribution >= 0.6 is 11.7 Å². The SMILES string of the molecule is COc1nsnc1C(C)(C)C. The van der Waals surface area contributed by atoms with Crippen LogP contribution in [0.1, 0.15) is 26.5 Å². The largest absolute Gasteiger partial charge is 0.479 e. The van der Waals surface area contributed by atoms with Crippen LogP contribution < -0.4 is 4.74 Å². The van der Waals surface area contributed by atoms with Crippen molar-refractivity contribution in [2.75, 3.05) is 7.11 Å². The van der Waals surface area contributed by atoms with Crippen molar-refractivity contribution in [3.8, 4) is 5.88 Å². The maximum atomic E-state index is 5.05. The van der Waals surface area contributed by atoms with Crippen molar-refractivity contribution in [2.24, 2.45) is 0 Å². The van der Waals surface area contributed by atoms with Gasteiger partial charge in [-0.1, -0.05) is 20.8 Å². The summed E-state index contributed by atoms with van der Waals surface area (Å²) in [6.07, 6.45) is 0. The van der Waals surface area contributed by atoms with E-state index in [0.717, 1.165) is 5.69 Å². The lowest BCUT2D eigenvalue weighted by molar-refractivity contribution is 0.383. The monoisotopic (exact) mass is 172 g/mol. The van der Waals surface area contributed by atoms with Crippen LogP contribution in [-0.4, -0.2) is 15.9 Å². The number of hydrogen-bond donors (Lipinski definition) is 0. The van der Waals surface area contributed by atoms with Gasteiger partial charge in [0.1, 0.15) is 5.69 Å². The zero-order chi connectivity index (χ0) is 8.48. The minimum atomic E-state index is 0.0261. The van der Waals surface area contributed by atoms with Crippen LogP contribution in [0.5, 0.6) is 5.88 Å². The molecule has 1 aromatic heterocycles. The average molecular weight is 172 g/mol. The lowest BCUT2D eigenvalue weighted by atomic mass is 9.93. The summed E-state index contributed by atoms with van der Waals surface area (Å²) in [7, 11) is 1.62. The van der Waals surface area contributed by atoms with E-state index in [2.05, 4.69) is 29.5 Å². The van der Waals surface area contributed by atoms with Crippen LogP contribution in [0.4, 0.5) is 0 Å². The van der Waals surface area contributed by atoms with E-state index < -0.39 is 0 Å². The molecule has 0 bridgehead atoms. The zero-order valence-electron chi connectivity index (χ0n) is 7.21. The topological polar surface area (TPSA) is 35.0 Å². The smallest absolute Gasteiger partial charge is 0.249 e. The predicted molar refractivity (Wildman–Crippen MR) is 45.2 cm³/mol. The Kier molecular flexibility index (Phi) is 2.13. The van der Waals surface area contributed by atoms with E-state index in [-0.39, 0.29) is 5.41 Å². The second-order valence-corrected chi connectivity index (χ2v) is 3.90. The molecule has 4 heteroatoms. The molecule has 0 N–H and O–H groups in total. The lowest BCUT2D eigenvalue weighted by Crippen LogP contribution is -2.12. The molecule has 0 aliphatic heterocycles. The van der Waals surface area contributed by atoms with Crippen molar-refractivity contribution in [3.63, 3.8) is 0 Å². The van der Waals surface area contributed by atoms with E-state index in [1.807, 2.05) is 0 Å². The summed E-state index contributed by atoms with van der Waals surface area (Å²) < 4.78 is 13.2. The maximum Gasteiger partial charge on any atom is 0.249 e. The molecule has 0 unspecified atom stereocenters. The van der Waals surface area contributed by atoms with E-state index in [1.165, 1.54) is 11.7 Å². The molecule has 0 aliphatic rings. The quantitative estimate of drug-likeness (QED) is 0.648. The third-order valence-electron chi connectivity index (χ3n) is 1.36. The van der Waals surface area contributed by atoms with E-state index in [0.29, 0.717) is 5.88 Å². The summed E-state index contributed by atoms with van der Waals surface area (Å²) in [6.45, 7) is 6.27. The van der Waals surface area contributed by atoms with Gasteiger partial charge in [0.25, 0.3) is 0 Å². The molecular weight excluding hydrogens is 160 g/mol. The highest BCUT2D eigenvalue weighted by Crippen LogP contribution is 2.28. The molecule has 0 aromatic carbocycles. The van der Waals surface area contributed by atoms with Gasteiger partial charge in [-0.3, -0.25) is 0 Å². The predicted octanol–water partition coefficient (Wildman–Crippen LogP) is 1.84. The fraction of sp³-hybridized carbons (Fsp3) is 0.714. The van der Waals surface area contributed by atoms with Crippen LogP contribution in [0.2, 0.25) is 0 Å². The number of nitrogens with zero attached hydrogens (tertiary/aromatic N) is 2.